The molecule has 2 unspecified atom stereocenters. The summed E-state index contributed by atoms with van der Waals surface area (Å²) >= 11 is 0. The monoisotopic (exact) mass is 230 g/mol. The van der Waals surface area contributed by atoms with Gasteiger partial charge in [-0.25, -0.2) is 4.79 Å². The van der Waals surface area contributed by atoms with Crippen LogP contribution in [0.1, 0.15) is 65.2 Å². The lowest BCUT2D eigenvalue weighted by Crippen LogP contribution is -2.22. The summed E-state index contributed by atoms with van der Waals surface area (Å²) in [7, 11) is 0. The Balaban J connectivity index is 3.36. The van der Waals surface area contributed by atoms with Crippen molar-refractivity contribution in [2.75, 3.05) is 0 Å². The fourth-order valence-electron chi connectivity index (χ4n) is 1.87. The number of rotatable bonds is 10. The Morgan fingerprint density at radius 2 is 1.69 bits per heavy atom. The number of aliphatic hydroxyl groups is 1. The Bertz CT molecular complexity index is 180. The molecule has 0 aliphatic heterocycles. The summed E-state index contributed by atoms with van der Waals surface area (Å²) in [4.78, 5) is 10.4. The summed E-state index contributed by atoms with van der Waals surface area (Å²) < 4.78 is 0. The van der Waals surface area contributed by atoms with E-state index < -0.39 is 12.1 Å². The van der Waals surface area contributed by atoms with Gasteiger partial charge in [0.25, 0.3) is 0 Å². The van der Waals surface area contributed by atoms with E-state index in [0.29, 0.717) is 12.3 Å². The van der Waals surface area contributed by atoms with Crippen molar-refractivity contribution in [3.05, 3.63) is 0 Å². The molecular weight excluding hydrogens is 204 g/mol. The molecule has 0 spiro atoms. The Kier molecular flexibility index (Phi) is 9.30. The van der Waals surface area contributed by atoms with Crippen molar-refractivity contribution in [3.8, 4) is 0 Å². The van der Waals surface area contributed by atoms with Gasteiger partial charge in [0.1, 0.15) is 0 Å². The van der Waals surface area contributed by atoms with E-state index in [4.69, 9.17) is 10.2 Å². The molecule has 0 saturated heterocycles. The standard InChI is InChI=1S/C13H26O3/c1-3-4-5-6-7-8-9-11(2)10-12(14)13(15)16/h11-12,14H,3-10H2,1-2H3,(H,15,16). The lowest BCUT2D eigenvalue weighted by molar-refractivity contribution is -0.147. The van der Waals surface area contributed by atoms with Gasteiger partial charge in [-0.3, -0.25) is 0 Å². The summed E-state index contributed by atoms with van der Waals surface area (Å²) in [6.07, 6.45) is 7.76. The van der Waals surface area contributed by atoms with Gasteiger partial charge in [0.15, 0.2) is 6.10 Å². The Hall–Kier alpha value is -0.570. The van der Waals surface area contributed by atoms with Gasteiger partial charge >= 0.3 is 5.97 Å². The van der Waals surface area contributed by atoms with Crippen molar-refractivity contribution in [3.63, 3.8) is 0 Å². The van der Waals surface area contributed by atoms with Crippen LogP contribution in [0.5, 0.6) is 0 Å². The molecule has 0 rings (SSSR count). The van der Waals surface area contributed by atoms with Crippen LogP contribution in [0.25, 0.3) is 0 Å². The third kappa shape index (κ3) is 8.72. The number of hydrogen-bond acceptors (Lipinski definition) is 2. The number of carboxylic acid groups (broad SMARTS) is 1. The van der Waals surface area contributed by atoms with Crippen LogP contribution in [0.15, 0.2) is 0 Å². The largest absolute Gasteiger partial charge is 0.479 e. The first kappa shape index (κ1) is 15.4. The highest BCUT2D eigenvalue weighted by Crippen LogP contribution is 2.16. The molecular formula is C13H26O3. The van der Waals surface area contributed by atoms with Crippen LogP contribution in [0, 0.1) is 5.92 Å². The zero-order valence-electron chi connectivity index (χ0n) is 10.6. The van der Waals surface area contributed by atoms with Crippen LogP contribution in [0.2, 0.25) is 0 Å². The van der Waals surface area contributed by atoms with Crippen LogP contribution in [-0.2, 0) is 4.79 Å². The zero-order valence-corrected chi connectivity index (χ0v) is 10.6. The highest BCUT2D eigenvalue weighted by atomic mass is 16.4. The predicted molar refractivity (Wildman–Crippen MR) is 65.4 cm³/mol. The van der Waals surface area contributed by atoms with Gasteiger partial charge in [-0.15, -0.1) is 0 Å². The second-order valence-corrected chi connectivity index (χ2v) is 4.75. The first-order valence-electron chi connectivity index (χ1n) is 6.48. The maximum absolute atomic E-state index is 10.4. The van der Waals surface area contributed by atoms with Crippen LogP contribution in [0.3, 0.4) is 0 Å². The molecule has 0 fully saturated rings. The van der Waals surface area contributed by atoms with Gasteiger partial charge in [0.05, 0.1) is 0 Å². The molecule has 2 atom stereocenters. The van der Waals surface area contributed by atoms with Crippen LogP contribution >= 0.6 is 0 Å². The molecule has 3 heteroatoms. The Morgan fingerprint density at radius 3 is 2.25 bits per heavy atom. The molecule has 0 heterocycles. The lowest BCUT2D eigenvalue weighted by atomic mass is 9.96. The molecule has 0 radical (unpaired) electrons. The second kappa shape index (κ2) is 9.64. The molecule has 3 nitrogen and oxygen atoms in total. The van der Waals surface area contributed by atoms with Crippen LogP contribution < -0.4 is 0 Å². The molecule has 2 N–H and O–H groups in total. The number of carbonyl (C=O) groups is 1. The molecule has 0 aliphatic rings. The highest BCUT2D eigenvalue weighted by molar-refractivity contribution is 5.71. The van der Waals surface area contributed by atoms with E-state index in [1.165, 1.54) is 32.1 Å². The highest BCUT2D eigenvalue weighted by Gasteiger charge is 2.16. The first-order valence-corrected chi connectivity index (χ1v) is 6.48. The van der Waals surface area contributed by atoms with Gasteiger partial charge in [0, 0.05) is 0 Å². The number of carboxylic acids is 1. The van der Waals surface area contributed by atoms with Gasteiger partial charge < -0.3 is 10.2 Å². The molecule has 0 aromatic heterocycles. The average molecular weight is 230 g/mol. The minimum Gasteiger partial charge on any atom is -0.479 e. The molecule has 0 saturated carbocycles. The maximum atomic E-state index is 10.4. The van der Waals surface area contributed by atoms with Gasteiger partial charge in [-0.1, -0.05) is 58.8 Å². The van der Waals surface area contributed by atoms with Crippen molar-refractivity contribution in [1.82, 2.24) is 0 Å². The number of aliphatic carboxylic acids is 1. The molecule has 0 aliphatic carbocycles. The van der Waals surface area contributed by atoms with Crippen molar-refractivity contribution >= 4 is 5.97 Å². The van der Waals surface area contributed by atoms with Crippen molar-refractivity contribution in [2.24, 2.45) is 5.92 Å². The van der Waals surface area contributed by atoms with Crippen molar-refractivity contribution in [1.29, 1.82) is 0 Å². The quantitative estimate of drug-likeness (QED) is 0.567. The summed E-state index contributed by atoms with van der Waals surface area (Å²) in [6, 6.07) is 0. The normalized spacial score (nSPS) is 14.7. The summed E-state index contributed by atoms with van der Waals surface area (Å²) in [6.45, 7) is 4.22. The fraction of sp³-hybridized carbons (Fsp3) is 0.923. The second-order valence-electron chi connectivity index (χ2n) is 4.75. The van der Waals surface area contributed by atoms with Crippen molar-refractivity contribution < 1.29 is 15.0 Å². The molecule has 0 bridgehead atoms. The van der Waals surface area contributed by atoms with E-state index in [1.54, 1.807) is 0 Å². The zero-order chi connectivity index (χ0) is 12.4. The molecule has 0 aromatic rings. The Morgan fingerprint density at radius 1 is 1.12 bits per heavy atom. The van der Waals surface area contributed by atoms with Gasteiger partial charge in [-0.05, 0) is 12.3 Å². The summed E-state index contributed by atoms with van der Waals surface area (Å²) in [5.74, 6) is -0.799. The number of aliphatic hydroxyl groups excluding tert-OH is 1. The van der Waals surface area contributed by atoms with E-state index >= 15 is 0 Å². The maximum Gasteiger partial charge on any atom is 0.332 e. The van der Waals surface area contributed by atoms with Crippen molar-refractivity contribution in [2.45, 2.75) is 71.3 Å². The van der Waals surface area contributed by atoms with Gasteiger partial charge in [-0.2, -0.15) is 0 Å². The van der Waals surface area contributed by atoms with Crippen LogP contribution in [-0.4, -0.2) is 22.3 Å². The molecule has 96 valence electrons. The smallest absolute Gasteiger partial charge is 0.332 e. The van der Waals surface area contributed by atoms with E-state index in [0.717, 1.165) is 12.8 Å². The van der Waals surface area contributed by atoms with E-state index in [-0.39, 0.29) is 0 Å². The number of unbranched alkanes of at least 4 members (excludes halogenated alkanes) is 5. The summed E-state index contributed by atoms with van der Waals surface area (Å²) in [5.41, 5.74) is 0. The topological polar surface area (TPSA) is 57.5 Å². The van der Waals surface area contributed by atoms with E-state index in [1.807, 2.05) is 6.92 Å². The average Bonchev–Trinajstić information content (AvgIpc) is 2.23. The first-order chi connectivity index (χ1) is 7.57. The Labute approximate surface area is 98.9 Å². The predicted octanol–water partition coefficient (Wildman–Crippen LogP) is 3.21. The SMILES string of the molecule is CCCCCCCCC(C)CC(O)C(=O)O. The third-order valence-electron chi connectivity index (χ3n) is 2.96. The minimum absolute atomic E-state index is 0.303. The van der Waals surface area contributed by atoms with E-state index in [9.17, 15) is 4.79 Å². The third-order valence-corrected chi connectivity index (χ3v) is 2.96. The van der Waals surface area contributed by atoms with Gasteiger partial charge in [0.2, 0.25) is 0 Å². The minimum atomic E-state index is -1.19. The number of hydrogen-bond donors (Lipinski definition) is 2. The molecule has 0 aromatic carbocycles. The fourth-order valence-corrected chi connectivity index (χ4v) is 1.87. The lowest BCUT2D eigenvalue weighted by Gasteiger charge is -2.13. The summed E-state index contributed by atoms with van der Waals surface area (Å²) in [5, 5.41) is 17.7. The van der Waals surface area contributed by atoms with Crippen LogP contribution in [0.4, 0.5) is 0 Å². The molecule has 16 heavy (non-hydrogen) atoms. The van der Waals surface area contributed by atoms with E-state index in [2.05, 4.69) is 6.92 Å². The molecule has 0 amide bonds.